The third kappa shape index (κ3) is 50.2. The van der Waals surface area contributed by atoms with Crippen LogP contribution in [0.2, 0.25) is 0 Å². The molecule has 6 nitrogen and oxygen atoms in total. The SMILES string of the molecule is CC\C=C/C=C\C=C/C=C\C=C/CCCC(=O)OCC(COC(=O)CCCCC\C=C/C=C/C=C\C=C/C=C\C=C/CC)OC(=O)CCCCCCCCC/C=C\CCCCCCCC. The number of hydrogen-bond donors (Lipinski definition) is 0. The Balaban J connectivity index is 4.60. The van der Waals surface area contributed by atoms with Gasteiger partial charge in [0.15, 0.2) is 6.10 Å². The second-order valence-electron chi connectivity index (χ2n) is 16.2. The predicted octanol–water partition coefficient (Wildman–Crippen LogP) is 16.9. The van der Waals surface area contributed by atoms with Crippen molar-refractivity contribution in [1.82, 2.24) is 0 Å². The molecule has 6 heteroatoms. The first-order valence-corrected chi connectivity index (χ1v) is 25.5. The molecule has 0 spiro atoms. The van der Waals surface area contributed by atoms with Crippen molar-refractivity contribution in [3.8, 4) is 0 Å². The van der Waals surface area contributed by atoms with Crippen molar-refractivity contribution in [2.24, 2.45) is 0 Å². The van der Waals surface area contributed by atoms with Crippen molar-refractivity contribution in [1.29, 1.82) is 0 Å². The summed E-state index contributed by atoms with van der Waals surface area (Å²) in [4.78, 5) is 38.0. The number of carbonyl (C=O) groups excluding carboxylic acids is 3. The lowest BCUT2D eigenvalue weighted by Gasteiger charge is -2.18. The van der Waals surface area contributed by atoms with Gasteiger partial charge in [-0.1, -0.05) is 237 Å². The van der Waals surface area contributed by atoms with E-state index in [9.17, 15) is 14.4 Å². The van der Waals surface area contributed by atoms with E-state index >= 15 is 0 Å². The fraction of sp³-hybridized carbons (Fsp3) is 0.542. The zero-order chi connectivity index (χ0) is 47.2. The fourth-order valence-corrected chi connectivity index (χ4v) is 6.32. The second kappa shape index (κ2) is 51.9. The van der Waals surface area contributed by atoms with Crippen LogP contribution >= 0.6 is 0 Å². The number of unbranched alkanes of at least 4 members (excludes halogenated alkanes) is 17. The minimum absolute atomic E-state index is 0.132. The van der Waals surface area contributed by atoms with Gasteiger partial charge in [0.1, 0.15) is 13.2 Å². The Morgan fingerprint density at radius 1 is 0.323 bits per heavy atom. The number of esters is 3. The molecule has 65 heavy (non-hydrogen) atoms. The van der Waals surface area contributed by atoms with Crippen molar-refractivity contribution in [3.63, 3.8) is 0 Å². The summed E-state index contributed by atoms with van der Waals surface area (Å²) in [5.74, 6) is -1.06. The van der Waals surface area contributed by atoms with Crippen LogP contribution in [0.5, 0.6) is 0 Å². The third-order valence-corrected chi connectivity index (χ3v) is 10.1. The summed E-state index contributed by atoms with van der Waals surface area (Å²) < 4.78 is 16.7. The van der Waals surface area contributed by atoms with Crippen LogP contribution in [0.3, 0.4) is 0 Å². The molecule has 0 amide bonds. The summed E-state index contributed by atoms with van der Waals surface area (Å²) in [5, 5.41) is 0. The molecule has 0 aromatic rings. The first kappa shape index (κ1) is 60.3. The molecule has 0 bridgehead atoms. The molecule has 0 heterocycles. The van der Waals surface area contributed by atoms with Crippen LogP contribution in [0.15, 0.2) is 146 Å². The van der Waals surface area contributed by atoms with Crippen LogP contribution in [0.25, 0.3) is 0 Å². The van der Waals surface area contributed by atoms with Gasteiger partial charge in [0.2, 0.25) is 0 Å². The van der Waals surface area contributed by atoms with E-state index in [0.717, 1.165) is 57.8 Å². The average Bonchev–Trinajstić information content (AvgIpc) is 3.30. The Labute approximate surface area is 397 Å². The quantitative estimate of drug-likeness (QED) is 0.0199. The van der Waals surface area contributed by atoms with Crippen molar-refractivity contribution in [2.45, 2.75) is 194 Å². The molecule has 0 aliphatic heterocycles. The van der Waals surface area contributed by atoms with Crippen molar-refractivity contribution >= 4 is 17.9 Å². The van der Waals surface area contributed by atoms with Crippen LogP contribution < -0.4 is 0 Å². The van der Waals surface area contributed by atoms with Gasteiger partial charge in [-0.05, 0) is 77.0 Å². The first-order valence-electron chi connectivity index (χ1n) is 25.5. The summed E-state index contributed by atoms with van der Waals surface area (Å²) in [5.41, 5.74) is 0. The van der Waals surface area contributed by atoms with E-state index in [1.54, 1.807) is 0 Å². The summed E-state index contributed by atoms with van der Waals surface area (Å²) in [7, 11) is 0. The van der Waals surface area contributed by atoms with Crippen molar-refractivity contribution < 1.29 is 28.6 Å². The molecule has 1 atom stereocenters. The summed E-state index contributed by atoms with van der Waals surface area (Å²) in [6.45, 7) is 6.21. The van der Waals surface area contributed by atoms with Crippen molar-refractivity contribution in [3.05, 3.63) is 146 Å². The molecule has 0 saturated heterocycles. The second-order valence-corrected chi connectivity index (χ2v) is 16.2. The lowest BCUT2D eigenvalue weighted by molar-refractivity contribution is -0.167. The molecule has 0 radical (unpaired) electrons. The van der Waals surface area contributed by atoms with Crippen LogP contribution in [-0.4, -0.2) is 37.2 Å². The monoisotopic (exact) mass is 895 g/mol. The van der Waals surface area contributed by atoms with E-state index in [0.29, 0.717) is 19.3 Å². The Morgan fingerprint density at radius 3 is 1.06 bits per heavy atom. The lowest BCUT2D eigenvalue weighted by atomic mass is 10.1. The van der Waals surface area contributed by atoms with Gasteiger partial charge in [0, 0.05) is 19.3 Å². The maximum absolute atomic E-state index is 12.8. The van der Waals surface area contributed by atoms with Crippen LogP contribution in [0, 0.1) is 0 Å². The summed E-state index contributed by atoms with van der Waals surface area (Å²) >= 11 is 0. The topological polar surface area (TPSA) is 78.9 Å². The van der Waals surface area contributed by atoms with Gasteiger partial charge in [-0.2, -0.15) is 0 Å². The number of ether oxygens (including phenoxy) is 3. The van der Waals surface area contributed by atoms with Gasteiger partial charge in [0.25, 0.3) is 0 Å². The zero-order valence-electron chi connectivity index (χ0n) is 41.2. The minimum atomic E-state index is -0.834. The highest BCUT2D eigenvalue weighted by Gasteiger charge is 2.19. The Hall–Kier alpha value is -4.71. The largest absolute Gasteiger partial charge is 0.462 e. The molecule has 0 aromatic heterocycles. The maximum Gasteiger partial charge on any atom is 0.306 e. The van der Waals surface area contributed by atoms with E-state index in [4.69, 9.17) is 14.2 Å². The number of carbonyl (C=O) groups is 3. The van der Waals surface area contributed by atoms with E-state index in [2.05, 4.69) is 51.2 Å². The Bertz CT molecular complexity index is 1490. The fourth-order valence-electron chi connectivity index (χ4n) is 6.32. The molecule has 1 unspecified atom stereocenters. The smallest absolute Gasteiger partial charge is 0.306 e. The maximum atomic E-state index is 12.8. The Kier molecular flexibility index (Phi) is 48.2. The van der Waals surface area contributed by atoms with Gasteiger partial charge in [-0.25, -0.2) is 0 Å². The molecule has 0 aromatic carbocycles. The highest BCUT2D eigenvalue weighted by molar-refractivity contribution is 5.71. The average molecular weight is 895 g/mol. The molecule has 0 N–H and O–H groups in total. The highest BCUT2D eigenvalue weighted by Crippen LogP contribution is 2.13. The molecule has 362 valence electrons. The first-order chi connectivity index (χ1) is 32.0. The van der Waals surface area contributed by atoms with Crippen LogP contribution in [-0.2, 0) is 28.6 Å². The van der Waals surface area contributed by atoms with Gasteiger partial charge in [-0.15, -0.1) is 0 Å². The number of allylic oxidation sites excluding steroid dienone is 24. The standard InChI is InChI=1S/C59H90O6/c1-4-7-10-13-16-19-22-25-27-29-31-34-37-40-43-46-49-52-58(61)64-55-56(54-63-57(60)51-48-45-42-39-36-33-24-21-18-15-12-9-6-3)65-59(62)53-50-47-44-41-38-35-32-30-28-26-23-20-17-14-11-8-5-2/h7,9-10,12-13,15-16,18-19,21-22,24-29,31,33-34,36-37,39,42,56H,4-6,8,11,14,17,20,23,30,32,35,38,40-41,43-55H2,1-3H3/b10-7-,12-9-,16-13-,18-15-,22-19-,24-21-,27-25-,28-26-,31-29+,36-33-,37-34-,42-39-. The Morgan fingerprint density at radius 2 is 0.631 bits per heavy atom. The van der Waals surface area contributed by atoms with Gasteiger partial charge in [-0.3, -0.25) is 14.4 Å². The van der Waals surface area contributed by atoms with Crippen LogP contribution in [0.1, 0.15) is 188 Å². The predicted molar refractivity (Wildman–Crippen MR) is 279 cm³/mol. The molecule has 0 saturated carbocycles. The zero-order valence-corrected chi connectivity index (χ0v) is 41.2. The van der Waals surface area contributed by atoms with Gasteiger partial charge < -0.3 is 14.2 Å². The molecule has 0 aliphatic carbocycles. The number of rotatable bonds is 43. The van der Waals surface area contributed by atoms with Gasteiger partial charge >= 0.3 is 17.9 Å². The van der Waals surface area contributed by atoms with Gasteiger partial charge in [0.05, 0.1) is 0 Å². The molecular formula is C59H90O6. The number of hydrogen-bond acceptors (Lipinski definition) is 6. The normalized spacial score (nSPS) is 13.3. The van der Waals surface area contributed by atoms with E-state index in [1.165, 1.54) is 77.0 Å². The molecular weight excluding hydrogens is 805 g/mol. The van der Waals surface area contributed by atoms with Crippen LogP contribution in [0.4, 0.5) is 0 Å². The lowest BCUT2D eigenvalue weighted by Crippen LogP contribution is -2.30. The van der Waals surface area contributed by atoms with Crippen molar-refractivity contribution in [2.75, 3.05) is 13.2 Å². The molecule has 0 aliphatic rings. The highest BCUT2D eigenvalue weighted by atomic mass is 16.6. The van der Waals surface area contributed by atoms with E-state index in [1.807, 2.05) is 115 Å². The molecule has 0 fully saturated rings. The minimum Gasteiger partial charge on any atom is -0.462 e. The summed E-state index contributed by atoms with van der Waals surface area (Å²) in [6, 6.07) is 0. The van der Waals surface area contributed by atoms with E-state index < -0.39 is 6.10 Å². The van der Waals surface area contributed by atoms with E-state index in [-0.39, 0.29) is 44.0 Å². The molecule has 0 rings (SSSR count). The summed E-state index contributed by atoms with van der Waals surface area (Å²) in [6.07, 6.45) is 74.1. The third-order valence-electron chi connectivity index (χ3n) is 10.1.